The maximum absolute atomic E-state index is 13.3. The molecule has 0 unspecified atom stereocenters. The molecule has 0 radical (unpaired) electrons. The number of amides is 1. The van der Waals surface area contributed by atoms with Crippen LogP contribution in [0.5, 0.6) is 0 Å². The van der Waals surface area contributed by atoms with E-state index in [1.165, 1.54) is 5.56 Å². The molecule has 0 bridgehead atoms. The molecule has 156 valence electrons. The summed E-state index contributed by atoms with van der Waals surface area (Å²) in [6, 6.07) is 13.3. The van der Waals surface area contributed by atoms with Gasteiger partial charge in [-0.3, -0.25) is 9.69 Å². The smallest absolute Gasteiger partial charge is 0.260 e. The topological polar surface area (TPSA) is 51.0 Å². The van der Waals surface area contributed by atoms with Crippen molar-refractivity contribution < 1.29 is 4.79 Å². The molecule has 1 amide bonds. The van der Waals surface area contributed by atoms with E-state index in [4.69, 9.17) is 16.6 Å². The highest BCUT2D eigenvalue weighted by Gasteiger charge is 2.21. The molecule has 2 aromatic heterocycles. The summed E-state index contributed by atoms with van der Waals surface area (Å²) in [5, 5.41) is 1.26. The molecule has 0 atom stereocenters. The summed E-state index contributed by atoms with van der Waals surface area (Å²) in [4.78, 5) is 23.9. The molecule has 0 aliphatic carbocycles. The number of thiazole rings is 1. The lowest BCUT2D eigenvalue weighted by molar-refractivity contribution is 0.0986. The van der Waals surface area contributed by atoms with Gasteiger partial charge in [0.2, 0.25) is 0 Å². The van der Waals surface area contributed by atoms with E-state index in [0.717, 1.165) is 29.6 Å². The van der Waals surface area contributed by atoms with Gasteiger partial charge in [-0.25, -0.2) is 9.97 Å². The Kier molecular flexibility index (Phi) is 7.48. The lowest BCUT2D eigenvalue weighted by atomic mass is 10.2. The highest BCUT2D eigenvalue weighted by Crippen LogP contribution is 2.31. The van der Waals surface area contributed by atoms with Crippen LogP contribution < -0.4 is 4.90 Å². The Hall–Kier alpha value is -2.41. The summed E-state index contributed by atoms with van der Waals surface area (Å²) >= 11 is 7.67. The van der Waals surface area contributed by atoms with Crippen molar-refractivity contribution in [3.63, 3.8) is 0 Å². The van der Waals surface area contributed by atoms with E-state index in [2.05, 4.69) is 24.0 Å². The van der Waals surface area contributed by atoms with Gasteiger partial charge in [-0.05, 0) is 48.7 Å². The molecule has 0 spiro atoms. The van der Waals surface area contributed by atoms with Crippen LogP contribution in [0.15, 0.2) is 61.2 Å². The van der Waals surface area contributed by atoms with Crippen LogP contribution in [0.2, 0.25) is 5.02 Å². The zero-order valence-electron chi connectivity index (χ0n) is 16.5. The van der Waals surface area contributed by atoms with Gasteiger partial charge in [0.25, 0.3) is 5.91 Å². The van der Waals surface area contributed by atoms with E-state index in [1.807, 2.05) is 16.8 Å². The minimum atomic E-state index is -0.0899. The van der Waals surface area contributed by atoms with Crippen molar-refractivity contribution in [1.29, 1.82) is 0 Å². The van der Waals surface area contributed by atoms with Gasteiger partial charge < -0.3 is 4.57 Å². The van der Waals surface area contributed by atoms with E-state index < -0.39 is 0 Å². The Morgan fingerprint density at radius 1 is 1.23 bits per heavy atom. The van der Waals surface area contributed by atoms with Gasteiger partial charge >= 0.3 is 0 Å². The van der Waals surface area contributed by atoms with Crippen molar-refractivity contribution >= 4 is 56.6 Å². The number of rotatable bonds is 7. The predicted molar refractivity (Wildman–Crippen MR) is 126 cm³/mol. The molecule has 0 fully saturated rings. The van der Waals surface area contributed by atoms with Crippen LogP contribution in [-0.4, -0.2) is 27.0 Å². The van der Waals surface area contributed by atoms with Crippen LogP contribution in [0.25, 0.3) is 10.2 Å². The van der Waals surface area contributed by atoms with E-state index in [-0.39, 0.29) is 18.3 Å². The molecule has 8 heteroatoms. The van der Waals surface area contributed by atoms with Gasteiger partial charge in [-0.2, -0.15) is 0 Å². The van der Waals surface area contributed by atoms with Crippen molar-refractivity contribution in [3.8, 4) is 0 Å². The second-order valence-corrected chi connectivity index (χ2v) is 8.22. The Morgan fingerprint density at radius 3 is 2.83 bits per heavy atom. The molecular weight excluding hydrogens is 439 g/mol. The number of imidazole rings is 1. The van der Waals surface area contributed by atoms with E-state index >= 15 is 0 Å². The van der Waals surface area contributed by atoms with E-state index in [0.29, 0.717) is 22.3 Å². The average Bonchev–Trinajstić information content (AvgIpc) is 3.39. The Morgan fingerprint density at radius 2 is 2.10 bits per heavy atom. The maximum atomic E-state index is 13.3. The molecule has 0 aliphatic heterocycles. The largest absolute Gasteiger partial charge is 0.337 e. The van der Waals surface area contributed by atoms with Gasteiger partial charge in [0.15, 0.2) is 5.13 Å². The SMILES string of the molecule is CCc1ccc2nc(N(CCCn3ccnc3)C(=O)c3cccc(Cl)c3)sc2c1.Cl. The Labute approximate surface area is 190 Å². The number of anilines is 1. The first-order valence-corrected chi connectivity index (χ1v) is 10.8. The number of halogens is 2. The van der Waals surface area contributed by atoms with E-state index in [9.17, 15) is 4.79 Å². The fourth-order valence-electron chi connectivity index (χ4n) is 3.18. The summed E-state index contributed by atoms with van der Waals surface area (Å²) < 4.78 is 3.10. The zero-order valence-corrected chi connectivity index (χ0v) is 18.9. The number of aromatic nitrogens is 3. The number of nitrogens with zero attached hydrogens (tertiary/aromatic N) is 4. The van der Waals surface area contributed by atoms with Crippen molar-refractivity contribution in [1.82, 2.24) is 14.5 Å². The lowest BCUT2D eigenvalue weighted by Crippen LogP contribution is -2.32. The van der Waals surface area contributed by atoms with Gasteiger partial charge in [0, 0.05) is 36.1 Å². The molecule has 2 aromatic carbocycles. The first kappa shape index (κ1) is 22.3. The fraction of sp³-hybridized carbons (Fsp3) is 0.227. The molecule has 4 aromatic rings. The number of benzene rings is 2. The maximum Gasteiger partial charge on any atom is 0.260 e. The molecule has 0 saturated heterocycles. The predicted octanol–water partition coefficient (Wildman–Crippen LogP) is 5.87. The standard InChI is InChI=1S/C22H21ClN4OS.ClH/c1-2-16-7-8-19-20(13-16)29-22(25-19)27(11-4-10-26-12-9-24-15-26)21(28)17-5-3-6-18(23)14-17;/h3,5-9,12-15H,2,4,10-11H2,1H3;1H. The third-order valence-electron chi connectivity index (χ3n) is 4.75. The molecule has 0 saturated carbocycles. The number of carbonyl (C=O) groups excluding carboxylic acids is 1. The summed E-state index contributed by atoms with van der Waals surface area (Å²) in [5.41, 5.74) is 2.75. The van der Waals surface area contributed by atoms with Gasteiger partial charge in [-0.1, -0.05) is 42.0 Å². The number of hydrogen-bond acceptors (Lipinski definition) is 4. The summed E-state index contributed by atoms with van der Waals surface area (Å²) in [7, 11) is 0. The highest BCUT2D eigenvalue weighted by molar-refractivity contribution is 7.22. The Bertz CT molecular complexity index is 1130. The van der Waals surface area contributed by atoms with Crippen molar-refractivity contribution in [2.45, 2.75) is 26.3 Å². The van der Waals surface area contributed by atoms with Crippen molar-refractivity contribution in [2.75, 3.05) is 11.4 Å². The average molecular weight is 461 g/mol. The van der Waals surface area contributed by atoms with Gasteiger partial charge in [0.05, 0.1) is 16.5 Å². The molecule has 0 N–H and O–H groups in total. The molecule has 30 heavy (non-hydrogen) atoms. The van der Waals surface area contributed by atoms with Crippen molar-refractivity contribution in [2.24, 2.45) is 0 Å². The molecule has 0 aliphatic rings. The number of fused-ring (bicyclic) bond motifs is 1. The fourth-order valence-corrected chi connectivity index (χ4v) is 4.43. The second-order valence-electron chi connectivity index (χ2n) is 6.77. The van der Waals surface area contributed by atoms with Crippen LogP contribution >= 0.6 is 35.3 Å². The van der Waals surface area contributed by atoms with Gasteiger partial charge in [-0.15, -0.1) is 12.4 Å². The number of carbonyl (C=O) groups is 1. The third kappa shape index (κ3) is 5.01. The van der Waals surface area contributed by atoms with Crippen LogP contribution in [0, 0.1) is 0 Å². The second kappa shape index (κ2) is 10.1. The molecule has 4 rings (SSSR count). The molecule has 5 nitrogen and oxygen atoms in total. The highest BCUT2D eigenvalue weighted by atomic mass is 35.5. The van der Waals surface area contributed by atoms with Gasteiger partial charge in [0.1, 0.15) is 0 Å². The Balaban J connectivity index is 0.00000256. The van der Waals surface area contributed by atoms with E-state index in [1.54, 1.807) is 53.0 Å². The zero-order chi connectivity index (χ0) is 20.2. The first-order chi connectivity index (χ1) is 14.1. The van der Waals surface area contributed by atoms with Crippen molar-refractivity contribution in [3.05, 3.63) is 77.3 Å². The van der Waals surface area contributed by atoms with Crippen LogP contribution in [0.1, 0.15) is 29.3 Å². The number of aryl methyl sites for hydroxylation is 2. The third-order valence-corrected chi connectivity index (χ3v) is 6.03. The molecule has 2 heterocycles. The summed E-state index contributed by atoms with van der Waals surface area (Å²) in [5.74, 6) is -0.0899. The minimum absolute atomic E-state index is 0. The molecular formula is C22H22Cl2N4OS. The van der Waals surface area contributed by atoms with Crippen LogP contribution in [-0.2, 0) is 13.0 Å². The minimum Gasteiger partial charge on any atom is -0.337 e. The summed E-state index contributed by atoms with van der Waals surface area (Å²) in [6.45, 7) is 3.47. The first-order valence-electron chi connectivity index (χ1n) is 9.56. The van der Waals surface area contributed by atoms with Crippen LogP contribution in [0.3, 0.4) is 0 Å². The van der Waals surface area contributed by atoms with Crippen LogP contribution in [0.4, 0.5) is 5.13 Å². The monoisotopic (exact) mass is 460 g/mol. The lowest BCUT2D eigenvalue weighted by Gasteiger charge is -2.20. The quantitative estimate of drug-likeness (QED) is 0.346. The normalized spacial score (nSPS) is 10.7. The summed E-state index contributed by atoms with van der Waals surface area (Å²) in [6.07, 6.45) is 7.23. The number of hydrogen-bond donors (Lipinski definition) is 0.